The third-order valence-electron chi connectivity index (χ3n) is 6.88. The van der Waals surface area contributed by atoms with E-state index >= 15 is 0 Å². The fourth-order valence-corrected chi connectivity index (χ4v) is 12.6. The van der Waals surface area contributed by atoms with Gasteiger partial charge < -0.3 is 9.26 Å². The van der Waals surface area contributed by atoms with E-state index < -0.39 is 17.5 Å². The van der Waals surface area contributed by atoms with Crippen LogP contribution in [0.5, 0.6) is 0 Å². The van der Waals surface area contributed by atoms with Crippen LogP contribution in [-0.2, 0) is 21.1 Å². The Hall–Kier alpha value is -0.350. The number of fused-ring (bicyclic) bond motifs is 1. The maximum absolute atomic E-state index is 12.3. The van der Waals surface area contributed by atoms with Gasteiger partial charge in [-0.3, -0.25) is 19.4 Å². The van der Waals surface area contributed by atoms with E-state index in [1.54, 1.807) is 24.5 Å². The smallest absolute Gasteiger partial charge is 0.330 e. The van der Waals surface area contributed by atoms with Crippen molar-refractivity contribution in [3.8, 4) is 0 Å². The molecule has 2 aliphatic heterocycles. The van der Waals surface area contributed by atoms with Crippen molar-refractivity contribution in [2.45, 2.75) is 89.0 Å². The molecule has 11 heteroatoms. The van der Waals surface area contributed by atoms with E-state index in [0.29, 0.717) is 23.2 Å². The van der Waals surface area contributed by atoms with Gasteiger partial charge in [-0.25, -0.2) is 4.79 Å². The molecule has 0 spiro atoms. The maximum atomic E-state index is 12.3. The van der Waals surface area contributed by atoms with Crippen LogP contribution in [0.4, 0.5) is 0 Å². The van der Waals surface area contributed by atoms with Gasteiger partial charge in [-0.05, 0) is 64.2 Å². The van der Waals surface area contributed by atoms with Gasteiger partial charge in [0, 0.05) is 29.5 Å². The Morgan fingerprint density at radius 1 is 1.47 bits per heavy atom. The Balaban J connectivity index is 0.00000289. The Morgan fingerprint density at radius 3 is 2.84 bits per heavy atom. The van der Waals surface area contributed by atoms with Gasteiger partial charge in [0.1, 0.15) is 6.23 Å². The zero-order valence-corrected chi connectivity index (χ0v) is 22.6. The van der Waals surface area contributed by atoms with Gasteiger partial charge in [0.15, 0.2) is 5.62 Å². The van der Waals surface area contributed by atoms with E-state index in [9.17, 15) is 9.59 Å². The average molecular weight is 520 g/mol. The minimum atomic E-state index is -2.30. The Kier molecular flexibility index (Phi) is 7.98. The van der Waals surface area contributed by atoms with Gasteiger partial charge >= 0.3 is 5.69 Å². The van der Waals surface area contributed by atoms with Gasteiger partial charge in [0.05, 0.1) is 11.7 Å². The molecule has 7 atom stereocenters. The molecule has 0 unspecified atom stereocenters. The van der Waals surface area contributed by atoms with Crippen LogP contribution in [0.3, 0.4) is 0 Å². The normalized spacial score (nSPS) is 38.8. The highest BCUT2D eigenvalue weighted by Crippen LogP contribution is 2.72. The lowest BCUT2D eigenvalue weighted by Crippen LogP contribution is -2.41. The van der Waals surface area contributed by atoms with E-state index in [0.717, 1.165) is 25.7 Å². The summed E-state index contributed by atoms with van der Waals surface area (Å²) >= 11 is 7.86. The van der Waals surface area contributed by atoms with Crippen molar-refractivity contribution in [3.05, 3.63) is 44.8 Å². The Bertz CT molecular complexity index is 1040. The van der Waals surface area contributed by atoms with E-state index in [1.165, 1.54) is 10.1 Å². The molecule has 1 aromatic rings. The highest BCUT2D eigenvalue weighted by molar-refractivity contribution is 8.69. The predicted octanol–water partition coefficient (Wildman–Crippen LogP) is 4.10. The fourth-order valence-electron chi connectivity index (χ4n) is 4.89. The number of rotatable bonds is 5. The second kappa shape index (κ2) is 9.72. The number of aromatic amines is 1. The van der Waals surface area contributed by atoms with Gasteiger partial charge in [-0.1, -0.05) is 30.5 Å². The summed E-state index contributed by atoms with van der Waals surface area (Å²) in [5.41, 5.74) is -1.58. The van der Waals surface area contributed by atoms with Crippen molar-refractivity contribution in [2.75, 3.05) is 0 Å². The van der Waals surface area contributed by atoms with Crippen LogP contribution < -0.4 is 16.3 Å². The third kappa shape index (κ3) is 5.02. The van der Waals surface area contributed by atoms with Gasteiger partial charge in [-0.15, -0.1) is 0 Å². The molecule has 3 heterocycles. The molecule has 0 amide bonds. The lowest BCUT2D eigenvalue weighted by Gasteiger charge is -2.38. The van der Waals surface area contributed by atoms with Crippen LogP contribution in [0.25, 0.3) is 0 Å². The van der Waals surface area contributed by atoms with Crippen LogP contribution in [0.2, 0.25) is 0 Å². The van der Waals surface area contributed by atoms with Crippen LogP contribution in [0.1, 0.15) is 64.7 Å². The first-order valence-corrected chi connectivity index (χ1v) is 15.1. The van der Waals surface area contributed by atoms with Gasteiger partial charge in [-0.2, -0.15) is 13.5 Å². The van der Waals surface area contributed by atoms with E-state index in [1.807, 2.05) is 0 Å². The molecule has 1 saturated carbocycles. The zero-order valence-electron chi connectivity index (χ0n) is 19.1. The largest absolute Gasteiger partial charge is 0.353 e. The highest BCUT2D eigenvalue weighted by atomic mass is 32.9. The molecule has 2 saturated heterocycles. The Labute approximate surface area is 205 Å². The minimum Gasteiger partial charge on any atom is -0.353 e. The lowest BCUT2D eigenvalue weighted by atomic mass is 9.77. The average Bonchev–Trinajstić information content (AvgIpc) is 3.20. The number of hydrogen-bond acceptors (Lipinski definition) is 6. The number of allylic oxidation sites excluding steroid dienone is 1. The molecule has 0 aromatic carbocycles. The SMILES string of the molecule is C=C(C)[C@H]1CC[C@@]2(C)O[P@](=S)(N[C@H]3C[C@H](n4cc(C)c(=O)[nH]c4=O)O[C@@H]3CC)S[C@@H]2C1.S. The van der Waals surface area contributed by atoms with Crippen molar-refractivity contribution in [2.24, 2.45) is 5.92 Å². The van der Waals surface area contributed by atoms with Gasteiger partial charge in [0.25, 0.3) is 5.56 Å². The molecular weight excluding hydrogens is 485 g/mol. The van der Waals surface area contributed by atoms with Crippen LogP contribution >= 0.6 is 30.5 Å². The molecular formula is C21H34N3O4PS3. The van der Waals surface area contributed by atoms with E-state index in [4.69, 9.17) is 21.1 Å². The number of hydrogen-bond donors (Lipinski definition) is 2. The summed E-state index contributed by atoms with van der Waals surface area (Å²) in [5, 5.41) is 4.02. The minimum absolute atomic E-state index is 0. The topological polar surface area (TPSA) is 85.4 Å². The van der Waals surface area contributed by atoms with Crippen molar-refractivity contribution >= 4 is 42.3 Å². The maximum Gasteiger partial charge on any atom is 0.330 e. The van der Waals surface area contributed by atoms with Crippen molar-refractivity contribution in [1.29, 1.82) is 0 Å². The van der Waals surface area contributed by atoms with Gasteiger partial charge in [0.2, 0.25) is 0 Å². The summed E-state index contributed by atoms with van der Waals surface area (Å²) in [7, 11) is 0. The molecule has 0 bridgehead atoms. The van der Waals surface area contributed by atoms with Crippen LogP contribution in [-0.4, -0.2) is 32.5 Å². The summed E-state index contributed by atoms with van der Waals surface area (Å²) in [4.78, 5) is 26.4. The molecule has 2 N–H and O–H groups in total. The second-order valence-corrected chi connectivity index (χ2v) is 15.9. The summed E-state index contributed by atoms with van der Waals surface area (Å²) in [6.45, 7) is 12.2. The van der Waals surface area contributed by atoms with Crippen LogP contribution in [0, 0.1) is 12.8 Å². The summed E-state index contributed by atoms with van der Waals surface area (Å²) in [6.07, 6.45) is 5.61. The van der Waals surface area contributed by atoms with E-state index in [2.05, 4.69) is 37.4 Å². The first-order valence-electron chi connectivity index (χ1n) is 10.9. The summed E-state index contributed by atoms with van der Waals surface area (Å²) < 4.78 is 14.3. The predicted molar refractivity (Wildman–Crippen MR) is 139 cm³/mol. The summed E-state index contributed by atoms with van der Waals surface area (Å²) in [6, 6.07) is -0.00634. The molecule has 7 nitrogen and oxygen atoms in total. The molecule has 0 radical (unpaired) electrons. The Morgan fingerprint density at radius 2 is 2.19 bits per heavy atom. The molecule has 3 aliphatic rings. The first-order chi connectivity index (χ1) is 14.5. The van der Waals surface area contributed by atoms with Crippen molar-refractivity contribution in [1.82, 2.24) is 14.6 Å². The van der Waals surface area contributed by atoms with Crippen LogP contribution in [0.15, 0.2) is 27.9 Å². The number of nitrogens with zero attached hydrogens (tertiary/aromatic N) is 1. The number of aromatic nitrogens is 2. The molecule has 1 aromatic heterocycles. The van der Waals surface area contributed by atoms with Crippen molar-refractivity contribution in [3.63, 3.8) is 0 Å². The molecule has 1 aliphatic carbocycles. The number of aryl methyl sites for hydroxylation is 1. The number of ether oxygens (including phenoxy) is 1. The lowest BCUT2D eigenvalue weighted by molar-refractivity contribution is -0.00516. The van der Waals surface area contributed by atoms with Crippen molar-refractivity contribution < 1.29 is 9.26 Å². The molecule has 32 heavy (non-hydrogen) atoms. The monoisotopic (exact) mass is 519 g/mol. The zero-order chi connectivity index (χ0) is 22.6. The second-order valence-electron chi connectivity index (χ2n) is 9.30. The molecule has 180 valence electrons. The third-order valence-corrected chi connectivity index (χ3v) is 12.9. The summed E-state index contributed by atoms with van der Waals surface area (Å²) in [5.74, 6) is 0.536. The molecule has 3 fully saturated rings. The molecule has 4 rings (SSSR count). The fraction of sp³-hybridized carbons (Fsp3) is 0.714. The number of H-pyrrole nitrogens is 1. The standard InChI is InChI=1S/C21H32N3O4PS2.H2S/c1-6-16-15(10-18(27-16)24-11-13(4)19(25)22-20(24)26)23-29(30)28-21(5)8-7-14(12(2)3)9-17(21)31-29;/h11,14-18H,2,6-10H2,1,3-5H3,(H,23,30)(H,22,25,26);1H2/t14-,15-,16+,17+,18+,21+,29-;/m0./s1. The highest BCUT2D eigenvalue weighted by Gasteiger charge is 2.53. The number of nitrogens with one attached hydrogen (secondary N) is 2. The van der Waals surface area contributed by atoms with E-state index in [-0.39, 0.29) is 36.8 Å². The first kappa shape index (κ1) is 26.3. The quantitative estimate of drug-likeness (QED) is 0.447.